The second-order valence-corrected chi connectivity index (χ2v) is 10.2. The molecule has 0 saturated heterocycles. The fourth-order valence-corrected chi connectivity index (χ4v) is 5.27. The summed E-state index contributed by atoms with van der Waals surface area (Å²) < 4.78 is 0. The third-order valence-electron chi connectivity index (χ3n) is 7.30. The number of aromatic nitrogens is 2. The van der Waals surface area contributed by atoms with Crippen LogP contribution in [-0.4, -0.2) is 58.4 Å². The molecule has 1 spiro atoms. The summed E-state index contributed by atoms with van der Waals surface area (Å²) in [6, 6.07) is 16.7. The Labute approximate surface area is 221 Å². The van der Waals surface area contributed by atoms with E-state index in [-0.39, 0.29) is 29.2 Å². The number of carbonyl (C=O) groups is 3. The molecule has 1 fully saturated rings. The van der Waals surface area contributed by atoms with Gasteiger partial charge in [0.1, 0.15) is 0 Å². The van der Waals surface area contributed by atoms with E-state index in [1.165, 1.54) is 6.08 Å². The van der Waals surface area contributed by atoms with Crippen LogP contribution in [0.4, 0.5) is 11.5 Å². The van der Waals surface area contributed by atoms with Gasteiger partial charge in [-0.3, -0.25) is 19.5 Å². The summed E-state index contributed by atoms with van der Waals surface area (Å²) in [5.41, 5.74) is 3.59. The first-order valence-electron chi connectivity index (χ1n) is 12.7. The number of likely N-dealkylation sites (N-methyl/N-ethyl adjacent to an activating group) is 1. The highest BCUT2D eigenvalue weighted by Gasteiger charge is 2.58. The first-order valence-corrected chi connectivity index (χ1v) is 12.7. The summed E-state index contributed by atoms with van der Waals surface area (Å²) in [5.74, 6) is 0.00979. The van der Waals surface area contributed by atoms with E-state index in [1.54, 1.807) is 24.3 Å². The fourth-order valence-electron chi connectivity index (χ4n) is 5.27. The van der Waals surface area contributed by atoms with Gasteiger partial charge >= 0.3 is 0 Å². The molecule has 1 aromatic heterocycles. The third kappa shape index (κ3) is 4.97. The first-order chi connectivity index (χ1) is 18.3. The van der Waals surface area contributed by atoms with Crippen LogP contribution < -0.4 is 10.6 Å². The second kappa shape index (κ2) is 10.3. The highest BCUT2D eigenvalue weighted by molar-refractivity contribution is 6.05. The van der Waals surface area contributed by atoms with Crippen LogP contribution in [0.5, 0.6) is 0 Å². The van der Waals surface area contributed by atoms with Crippen molar-refractivity contribution in [1.29, 1.82) is 0 Å². The zero-order chi connectivity index (χ0) is 26.9. The van der Waals surface area contributed by atoms with E-state index in [0.29, 0.717) is 30.0 Å². The molecular formula is C29H32N6O3. The number of fused-ring (bicyclic) bond motifs is 2. The second-order valence-electron chi connectivity index (χ2n) is 10.2. The molecule has 2 aliphatic rings. The van der Waals surface area contributed by atoms with Crippen LogP contribution in [0.15, 0.2) is 67.3 Å². The molecule has 3 aromatic rings. The average Bonchev–Trinajstić information content (AvgIpc) is 3.51. The van der Waals surface area contributed by atoms with Crippen molar-refractivity contribution in [2.45, 2.75) is 37.3 Å². The standard InChI is InChI=1S/C29H32N6O3/c1-4-24(36)30-22-12-10-20(11-13-22)28(38)31-27-23-18-35(29(14-15-29)26(23)32-33-27)25(37)16-21(17-34(2)3)19-8-6-5-7-9-19/h4-13,21H,1,14-18H2,2-3H3,(H,30,36)(H2,31,32,33,38)/t21-/m1/s1. The van der Waals surface area contributed by atoms with Crippen LogP contribution in [-0.2, 0) is 21.7 Å². The van der Waals surface area contributed by atoms with Gasteiger partial charge in [0.25, 0.3) is 5.91 Å². The molecule has 3 N–H and O–H groups in total. The van der Waals surface area contributed by atoms with E-state index in [9.17, 15) is 14.4 Å². The van der Waals surface area contributed by atoms with Gasteiger partial charge in [0, 0.05) is 35.7 Å². The van der Waals surface area contributed by atoms with Crippen molar-refractivity contribution in [1.82, 2.24) is 20.0 Å². The Kier molecular flexibility index (Phi) is 6.86. The van der Waals surface area contributed by atoms with Crippen LogP contribution in [0.3, 0.4) is 0 Å². The summed E-state index contributed by atoms with van der Waals surface area (Å²) >= 11 is 0. The summed E-state index contributed by atoms with van der Waals surface area (Å²) in [4.78, 5) is 42.2. The largest absolute Gasteiger partial charge is 0.327 e. The lowest BCUT2D eigenvalue weighted by Gasteiger charge is -2.28. The Bertz CT molecular complexity index is 1360. The van der Waals surface area contributed by atoms with Crippen LogP contribution in [0.25, 0.3) is 0 Å². The topological polar surface area (TPSA) is 110 Å². The Morgan fingerprint density at radius 2 is 1.82 bits per heavy atom. The van der Waals surface area contributed by atoms with Crippen molar-refractivity contribution in [3.8, 4) is 0 Å². The predicted molar refractivity (Wildman–Crippen MR) is 146 cm³/mol. The normalized spacial score (nSPS) is 15.7. The van der Waals surface area contributed by atoms with Gasteiger partial charge in [0.15, 0.2) is 5.82 Å². The molecule has 3 amide bonds. The maximum absolute atomic E-state index is 13.7. The number of hydrogen-bond donors (Lipinski definition) is 3. The number of hydrogen-bond acceptors (Lipinski definition) is 5. The van der Waals surface area contributed by atoms with E-state index >= 15 is 0 Å². The van der Waals surface area contributed by atoms with Crippen molar-refractivity contribution in [2.24, 2.45) is 0 Å². The van der Waals surface area contributed by atoms with Gasteiger partial charge in [-0.25, -0.2) is 0 Å². The molecule has 38 heavy (non-hydrogen) atoms. The highest BCUT2D eigenvalue weighted by atomic mass is 16.2. The molecule has 2 heterocycles. The minimum absolute atomic E-state index is 0.0879. The van der Waals surface area contributed by atoms with Crippen molar-refractivity contribution in [2.75, 3.05) is 31.3 Å². The Hall–Kier alpha value is -4.24. The molecule has 196 valence electrons. The molecule has 9 nitrogen and oxygen atoms in total. The molecule has 1 atom stereocenters. The van der Waals surface area contributed by atoms with Gasteiger partial charge in [-0.2, -0.15) is 5.10 Å². The SMILES string of the molecule is C=CC(=O)Nc1ccc(C(=O)Nc2n[nH]c3c2CN(C(=O)C[C@H](CN(C)C)c2ccccc2)C32CC2)cc1. The van der Waals surface area contributed by atoms with Crippen molar-refractivity contribution < 1.29 is 14.4 Å². The van der Waals surface area contributed by atoms with Crippen molar-refractivity contribution >= 4 is 29.2 Å². The quantitative estimate of drug-likeness (QED) is 0.377. The molecule has 1 aliphatic carbocycles. The zero-order valence-corrected chi connectivity index (χ0v) is 21.7. The van der Waals surface area contributed by atoms with E-state index in [0.717, 1.165) is 36.2 Å². The number of carbonyl (C=O) groups excluding carboxylic acids is 3. The lowest BCUT2D eigenvalue weighted by atomic mass is 9.94. The number of nitrogens with one attached hydrogen (secondary N) is 3. The third-order valence-corrected chi connectivity index (χ3v) is 7.30. The average molecular weight is 513 g/mol. The van der Waals surface area contributed by atoms with Crippen LogP contribution >= 0.6 is 0 Å². The molecule has 0 radical (unpaired) electrons. The van der Waals surface area contributed by atoms with Gasteiger partial charge in [-0.05, 0) is 62.8 Å². The summed E-state index contributed by atoms with van der Waals surface area (Å²) in [7, 11) is 4.05. The molecule has 1 saturated carbocycles. The Morgan fingerprint density at radius 3 is 2.45 bits per heavy atom. The number of amides is 3. The minimum atomic E-state index is -0.354. The Balaban J connectivity index is 1.29. The lowest BCUT2D eigenvalue weighted by Crippen LogP contribution is -2.37. The molecule has 1 aliphatic heterocycles. The highest BCUT2D eigenvalue weighted by Crippen LogP contribution is 2.57. The monoisotopic (exact) mass is 512 g/mol. The molecule has 0 unspecified atom stereocenters. The molecule has 5 rings (SSSR count). The summed E-state index contributed by atoms with van der Waals surface area (Å²) in [6.45, 7) is 4.62. The van der Waals surface area contributed by atoms with Gasteiger partial charge in [0.2, 0.25) is 11.8 Å². The van der Waals surface area contributed by atoms with Crippen LogP contribution in [0, 0.1) is 0 Å². The van der Waals surface area contributed by atoms with Gasteiger partial charge < -0.3 is 20.4 Å². The van der Waals surface area contributed by atoms with Crippen molar-refractivity contribution in [3.63, 3.8) is 0 Å². The van der Waals surface area contributed by atoms with E-state index < -0.39 is 0 Å². The molecular weight excluding hydrogens is 480 g/mol. The molecule has 9 heteroatoms. The molecule has 2 aromatic carbocycles. The number of H-pyrrole nitrogens is 1. The maximum Gasteiger partial charge on any atom is 0.256 e. The number of rotatable bonds is 9. The number of nitrogens with zero attached hydrogens (tertiary/aromatic N) is 3. The maximum atomic E-state index is 13.7. The lowest BCUT2D eigenvalue weighted by molar-refractivity contribution is -0.135. The number of anilines is 2. The first kappa shape index (κ1) is 25.4. The van der Waals surface area contributed by atoms with E-state index in [4.69, 9.17) is 0 Å². The van der Waals surface area contributed by atoms with Crippen LogP contribution in [0.1, 0.15) is 52.4 Å². The van der Waals surface area contributed by atoms with E-state index in [1.807, 2.05) is 37.2 Å². The zero-order valence-electron chi connectivity index (χ0n) is 21.7. The number of benzene rings is 2. The van der Waals surface area contributed by atoms with Crippen LogP contribution in [0.2, 0.25) is 0 Å². The summed E-state index contributed by atoms with van der Waals surface area (Å²) in [6.07, 6.45) is 3.35. The van der Waals surface area contributed by atoms with Gasteiger partial charge in [0.05, 0.1) is 17.8 Å². The number of aromatic amines is 1. The smallest absolute Gasteiger partial charge is 0.256 e. The summed E-state index contributed by atoms with van der Waals surface area (Å²) in [5, 5.41) is 13.0. The molecule has 0 bridgehead atoms. The Morgan fingerprint density at radius 1 is 1.11 bits per heavy atom. The van der Waals surface area contributed by atoms with Gasteiger partial charge in [-0.1, -0.05) is 36.9 Å². The predicted octanol–water partition coefficient (Wildman–Crippen LogP) is 3.85. The minimum Gasteiger partial charge on any atom is -0.327 e. The van der Waals surface area contributed by atoms with E-state index in [2.05, 4.69) is 44.4 Å². The fraction of sp³-hybridized carbons (Fsp3) is 0.310. The van der Waals surface area contributed by atoms with Gasteiger partial charge in [-0.15, -0.1) is 0 Å². The van der Waals surface area contributed by atoms with Crippen molar-refractivity contribution in [3.05, 3.63) is 89.6 Å².